The number of hydrogen-bond acceptors (Lipinski definition) is 3. The van der Waals surface area contributed by atoms with Crippen LogP contribution in [-0.2, 0) is 4.74 Å². The number of amides is 1. The third-order valence-corrected chi connectivity index (χ3v) is 2.65. The highest BCUT2D eigenvalue weighted by Crippen LogP contribution is 2.09. The molecule has 0 aliphatic rings. The van der Waals surface area contributed by atoms with Crippen LogP contribution in [-0.4, -0.2) is 30.8 Å². The van der Waals surface area contributed by atoms with Crippen LogP contribution in [0.2, 0.25) is 0 Å². The van der Waals surface area contributed by atoms with Crippen LogP contribution in [0.3, 0.4) is 0 Å². The van der Waals surface area contributed by atoms with E-state index in [1.165, 1.54) is 16.1 Å². The van der Waals surface area contributed by atoms with Crippen LogP contribution in [0.5, 0.6) is 0 Å². The van der Waals surface area contributed by atoms with Crippen molar-refractivity contribution in [1.29, 1.82) is 0 Å². The molecule has 0 aromatic carbocycles. The summed E-state index contributed by atoms with van der Waals surface area (Å²) in [6.07, 6.45) is -0.606. The number of hydrazine groups is 1. The van der Waals surface area contributed by atoms with Gasteiger partial charge in [0.25, 0.3) is 0 Å². The fourth-order valence-electron chi connectivity index (χ4n) is 0.861. The maximum Gasteiger partial charge on any atom is 0.421 e. The number of halogens is 4. The van der Waals surface area contributed by atoms with E-state index in [0.29, 0.717) is 10.1 Å². The molecule has 0 fully saturated rings. The van der Waals surface area contributed by atoms with E-state index in [2.05, 4.69) is 5.43 Å². The van der Waals surface area contributed by atoms with Gasteiger partial charge in [0.05, 0.1) is 19.7 Å². The minimum Gasteiger partial charge on any atom is -0.449 e. The molecule has 0 heterocycles. The topological polar surface area (TPSA) is 41.6 Å². The fourth-order valence-corrected chi connectivity index (χ4v) is 1.29. The third-order valence-electron chi connectivity index (χ3n) is 1.45. The van der Waals surface area contributed by atoms with Crippen molar-refractivity contribution >= 4 is 52.5 Å². The first-order valence-corrected chi connectivity index (χ1v) is 6.24. The minimum atomic E-state index is -0.606. The molecule has 4 nitrogen and oxygen atoms in total. The summed E-state index contributed by atoms with van der Waals surface area (Å²) in [5.41, 5.74) is 4.84. The lowest BCUT2D eigenvalue weighted by atomic mass is 10.5. The van der Waals surface area contributed by atoms with Gasteiger partial charge < -0.3 is 4.74 Å². The minimum absolute atomic E-state index is 0.185. The molecule has 0 rings (SSSR count). The van der Waals surface area contributed by atoms with Crippen molar-refractivity contribution in [1.82, 2.24) is 10.4 Å². The van der Waals surface area contributed by atoms with Crippen molar-refractivity contribution in [2.24, 2.45) is 0 Å². The van der Waals surface area contributed by atoms with Gasteiger partial charge in [-0.2, -0.15) is 0 Å². The van der Waals surface area contributed by atoms with Gasteiger partial charge in [-0.3, -0.25) is 5.43 Å². The molecule has 0 aromatic rings. The van der Waals surface area contributed by atoms with E-state index in [0.717, 1.165) is 0 Å². The van der Waals surface area contributed by atoms with Gasteiger partial charge in [0.2, 0.25) is 0 Å². The molecule has 0 saturated carbocycles. The lowest BCUT2D eigenvalue weighted by molar-refractivity contribution is 0.118. The van der Waals surface area contributed by atoms with E-state index in [9.17, 15) is 4.79 Å². The maximum absolute atomic E-state index is 11.2. The summed E-state index contributed by atoms with van der Waals surface area (Å²) in [6, 6.07) is 0. The predicted octanol–water partition coefficient (Wildman–Crippen LogP) is 3.59. The molecular weight excluding hydrogens is 310 g/mol. The van der Waals surface area contributed by atoms with E-state index in [1.54, 1.807) is 6.92 Å². The number of carbonyl (C=O) groups excluding carboxylic acids is 1. The average molecular weight is 322 g/mol. The van der Waals surface area contributed by atoms with Gasteiger partial charge in [0.15, 0.2) is 0 Å². The van der Waals surface area contributed by atoms with E-state index >= 15 is 0 Å². The molecule has 8 heteroatoms. The summed E-state index contributed by atoms with van der Waals surface area (Å²) in [7, 11) is 0. The number of ether oxygens (including phenoxy) is 1. The van der Waals surface area contributed by atoms with Crippen LogP contribution >= 0.6 is 46.4 Å². The van der Waals surface area contributed by atoms with Crippen molar-refractivity contribution in [3.05, 3.63) is 21.1 Å². The Morgan fingerprint density at radius 1 is 1.24 bits per heavy atom. The SMILES string of the molecule is CCOC(=O)NN(C/C(Cl)=C\Cl)C/C(Cl)=C\Cl. The molecule has 0 aromatic heterocycles. The Kier molecular flexibility index (Phi) is 9.78. The number of hydrogen-bond donors (Lipinski definition) is 1. The fraction of sp³-hybridized carbons (Fsp3) is 0.444. The molecule has 0 aliphatic heterocycles. The highest BCUT2D eigenvalue weighted by molar-refractivity contribution is 6.37. The lowest BCUT2D eigenvalue weighted by Crippen LogP contribution is -2.43. The van der Waals surface area contributed by atoms with Gasteiger partial charge >= 0.3 is 6.09 Å². The van der Waals surface area contributed by atoms with Crippen molar-refractivity contribution in [3.63, 3.8) is 0 Å². The number of rotatable bonds is 6. The quantitative estimate of drug-likeness (QED) is 0.760. The highest BCUT2D eigenvalue weighted by Gasteiger charge is 2.12. The summed E-state index contributed by atoms with van der Waals surface area (Å²) in [5.74, 6) is 0. The van der Waals surface area contributed by atoms with Crippen LogP contribution in [0.4, 0.5) is 4.79 Å². The molecule has 1 amide bonds. The van der Waals surface area contributed by atoms with Gasteiger partial charge in [-0.25, -0.2) is 9.80 Å². The van der Waals surface area contributed by atoms with Crippen LogP contribution in [0.15, 0.2) is 21.1 Å². The zero-order valence-electron chi connectivity index (χ0n) is 9.05. The van der Waals surface area contributed by atoms with Crippen molar-refractivity contribution in [3.8, 4) is 0 Å². The van der Waals surface area contributed by atoms with Gasteiger partial charge in [0.1, 0.15) is 0 Å². The molecule has 0 saturated heterocycles. The van der Waals surface area contributed by atoms with E-state index in [4.69, 9.17) is 51.1 Å². The summed E-state index contributed by atoms with van der Waals surface area (Å²) in [6.45, 7) is 2.33. The summed E-state index contributed by atoms with van der Waals surface area (Å²) in [4.78, 5) is 11.2. The van der Waals surface area contributed by atoms with Crippen molar-refractivity contribution < 1.29 is 9.53 Å². The first kappa shape index (κ1) is 16.9. The zero-order valence-corrected chi connectivity index (χ0v) is 12.1. The first-order chi connectivity index (χ1) is 8.03. The van der Waals surface area contributed by atoms with Crippen molar-refractivity contribution in [2.45, 2.75) is 6.92 Å². The Balaban J connectivity index is 4.45. The molecule has 0 atom stereocenters. The molecule has 0 unspecified atom stereocenters. The molecule has 0 radical (unpaired) electrons. The average Bonchev–Trinajstić information content (AvgIpc) is 2.28. The Labute approximate surface area is 120 Å². The largest absolute Gasteiger partial charge is 0.449 e. The number of nitrogens with zero attached hydrogens (tertiary/aromatic N) is 1. The van der Waals surface area contributed by atoms with Crippen molar-refractivity contribution in [2.75, 3.05) is 19.7 Å². The molecule has 17 heavy (non-hydrogen) atoms. The molecule has 1 N–H and O–H groups in total. The summed E-state index contributed by atoms with van der Waals surface area (Å²) < 4.78 is 4.72. The Morgan fingerprint density at radius 3 is 2.06 bits per heavy atom. The molecular formula is C9H12Cl4N2O2. The predicted molar refractivity (Wildman–Crippen MR) is 71.3 cm³/mol. The molecule has 0 spiro atoms. The maximum atomic E-state index is 11.2. The molecule has 98 valence electrons. The second-order valence-corrected chi connectivity index (χ2v) is 4.21. The monoisotopic (exact) mass is 320 g/mol. The summed E-state index contributed by atoms with van der Waals surface area (Å²) in [5, 5.41) is 2.09. The third kappa shape index (κ3) is 8.57. The number of nitrogens with one attached hydrogen (secondary N) is 1. The zero-order chi connectivity index (χ0) is 13.3. The lowest BCUT2D eigenvalue weighted by Gasteiger charge is -2.21. The van der Waals surface area contributed by atoms with E-state index < -0.39 is 6.09 Å². The van der Waals surface area contributed by atoms with Crippen LogP contribution in [0.25, 0.3) is 0 Å². The molecule has 0 aliphatic carbocycles. The highest BCUT2D eigenvalue weighted by atomic mass is 35.5. The Bertz CT molecular complexity index is 287. The summed E-state index contributed by atoms with van der Waals surface area (Å²) >= 11 is 22.3. The van der Waals surface area contributed by atoms with E-state index in [-0.39, 0.29) is 19.7 Å². The van der Waals surface area contributed by atoms with Crippen LogP contribution in [0, 0.1) is 0 Å². The standard InChI is InChI=1S/C9H12Cl4N2O2/c1-2-17-9(16)14-15(5-7(12)3-10)6-8(13)4-11/h3-4H,2,5-6H2,1H3,(H,14,16)/b7-3+,8-4+. The molecule has 0 bridgehead atoms. The number of carbonyl (C=O) groups is 1. The normalized spacial score (nSPS) is 12.8. The smallest absolute Gasteiger partial charge is 0.421 e. The Hall–Kier alpha value is -0.130. The van der Waals surface area contributed by atoms with Gasteiger partial charge in [-0.1, -0.05) is 46.4 Å². The van der Waals surface area contributed by atoms with Gasteiger partial charge in [-0.05, 0) is 6.92 Å². The second-order valence-electron chi connectivity index (χ2n) is 2.80. The Morgan fingerprint density at radius 2 is 1.71 bits per heavy atom. The van der Waals surface area contributed by atoms with E-state index in [1.807, 2.05) is 0 Å². The van der Waals surface area contributed by atoms with Gasteiger partial charge in [0, 0.05) is 21.1 Å². The second kappa shape index (κ2) is 9.85. The van der Waals surface area contributed by atoms with Gasteiger partial charge in [-0.15, -0.1) is 0 Å². The van der Waals surface area contributed by atoms with Crippen LogP contribution in [0.1, 0.15) is 6.92 Å². The van der Waals surface area contributed by atoms with Crippen LogP contribution < -0.4 is 5.43 Å². The first-order valence-electron chi connectivity index (χ1n) is 4.61.